The molecule has 0 unspecified atom stereocenters. The summed E-state index contributed by atoms with van der Waals surface area (Å²) >= 11 is 0. The van der Waals surface area contributed by atoms with Gasteiger partial charge in [-0.3, -0.25) is 4.98 Å². The molecule has 0 atom stereocenters. The van der Waals surface area contributed by atoms with Gasteiger partial charge in [0.15, 0.2) is 0 Å². The number of fused-ring (bicyclic) bond motifs is 1. The Bertz CT molecular complexity index is 535. The lowest BCUT2D eigenvalue weighted by Gasteiger charge is -2.05. The van der Waals surface area contributed by atoms with Crippen LogP contribution in [-0.4, -0.2) is 4.98 Å². The van der Waals surface area contributed by atoms with Gasteiger partial charge >= 0.3 is 0 Å². The maximum atomic E-state index is 8.46. The van der Waals surface area contributed by atoms with E-state index in [-0.39, 0.29) is 0 Å². The van der Waals surface area contributed by atoms with Crippen LogP contribution in [0.1, 0.15) is 37.8 Å². The molecule has 2 rings (SSSR count). The summed E-state index contributed by atoms with van der Waals surface area (Å²) in [5.41, 5.74) is 1.20. The van der Waals surface area contributed by atoms with Gasteiger partial charge in [-0.2, -0.15) is 5.26 Å². The van der Waals surface area contributed by atoms with Crippen molar-refractivity contribution < 1.29 is 0 Å². The van der Waals surface area contributed by atoms with Gasteiger partial charge in [0.1, 0.15) is 0 Å². The fourth-order valence-corrected chi connectivity index (χ4v) is 2.23. The van der Waals surface area contributed by atoms with Gasteiger partial charge in [-0.25, -0.2) is 0 Å². The largest absolute Gasteiger partial charge is 0.261 e. The Morgan fingerprint density at radius 3 is 2.72 bits per heavy atom. The van der Waals surface area contributed by atoms with Crippen molar-refractivity contribution in [3.8, 4) is 6.07 Å². The molecule has 2 nitrogen and oxygen atoms in total. The molecule has 0 saturated carbocycles. The molecule has 0 saturated heterocycles. The summed E-state index contributed by atoms with van der Waals surface area (Å²) in [6.45, 7) is 0. The maximum Gasteiger partial charge on any atom is 0.0621 e. The predicted octanol–water partition coefficient (Wildman–Crippen LogP) is 4.25. The molecule has 0 aliphatic heterocycles. The molecule has 0 bridgehead atoms. The molecule has 1 aromatic carbocycles. The molecule has 18 heavy (non-hydrogen) atoms. The second-order valence-corrected chi connectivity index (χ2v) is 4.55. The van der Waals surface area contributed by atoms with Crippen molar-refractivity contribution in [1.29, 1.82) is 5.26 Å². The summed E-state index contributed by atoms with van der Waals surface area (Å²) in [6.07, 6.45) is 8.14. The lowest BCUT2D eigenvalue weighted by Crippen LogP contribution is -1.92. The molecule has 2 heteroatoms. The van der Waals surface area contributed by atoms with E-state index in [9.17, 15) is 0 Å². The monoisotopic (exact) mass is 238 g/mol. The van der Waals surface area contributed by atoms with Gasteiger partial charge in [-0.1, -0.05) is 37.1 Å². The van der Waals surface area contributed by atoms with E-state index in [2.05, 4.69) is 41.4 Å². The average Bonchev–Trinajstić information content (AvgIpc) is 2.43. The van der Waals surface area contributed by atoms with Crippen molar-refractivity contribution >= 4 is 10.8 Å². The van der Waals surface area contributed by atoms with Crippen molar-refractivity contribution in [3.05, 3.63) is 42.2 Å². The van der Waals surface area contributed by atoms with Gasteiger partial charge in [-0.15, -0.1) is 0 Å². The molecule has 0 amide bonds. The molecule has 92 valence electrons. The molecule has 0 radical (unpaired) electrons. The number of hydrogen-bond donors (Lipinski definition) is 0. The van der Waals surface area contributed by atoms with Crippen LogP contribution in [0.4, 0.5) is 0 Å². The van der Waals surface area contributed by atoms with Gasteiger partial charge in [-0.05, 0) is 30.7 Å². The van der Waals surface area contributed by atoms with Crippen molar-refractivity contribution in [1.82, 2.24) is 4.98 Å². The number of nitriles is 1. The first-order valence-electron chi connectivity index (χ1n) is 6.61. The zero-order chi connectivity index (χ0) is 12.6. The van der Waals surface area contributed by atoms with Crippen LogP contribution < -0.4 is 0 Å². The average molecular weight is 238 g/mol. The minimum absolute atomic E-state index is 0.687. The number of unbranched alkanes of at least 4 members (excludes halogenated alkanes) is 4. The van der Waals surface area contributed by atoms with E-state index < -0.39 is 0 Å². The third kappa shape index (κ3) is 3.30. The highest BCUT2D eigenvalue weighted by Crippen LogP contribution is 2.18. The second kappa shape index (κ2) is 6.76. The van der Waals surface area contributed by atoms with Crippen LogP contribution in [0, 0.1) is 11.3 Å². The van der Waals surface area contributed by atoms with E-state index in [1.54, 1.807) is 0 Å². The topological polar surface area (TPSA) is 36.7 Å². The van der Waals surface area contributed by atoms with Gasteiger partial charge in [0.2, 0.25) is 0 Å². The third-order valence-corrected chi connectivity index (χ3v) is 3.21. The number of aromatic nitrogens is 1. The summed E-state index contributed by atoms with van der Waals surface area (Å²) < 4.78 is 0. The second-order valence-electron chi connectivity index (χ2n) is 4.55. The zero-order valence-electron chi connectivity index (χ0n) is 10.6. The lowest BCUT2D eigenvalue weighted by molar-refractivity contribution is 0.645. The molecule has 0 aliphatic rings. The van der Waals surface area contributed by atoms with E-state index in [0.29, 0.717) is 6.42 Å². The first kappa shape index (κ1) is 12.6. The molecule has 1 aromatic heterocycles. The number of benzene rings is 1. The highest BCUT2D eigenvalue weighted by Gasteiger charge is 2.01. The van der Waals surface area contributed by atoms with Crippen molar-refractivity contribution in [2.45, 2.75) is 38.5 Å². The number of rotatable bonds is 6. The van der Waals surface area contributed by atoms with Crippen LogP contribution in [0.5, 0.6) is 0 Å². The SMILES string of the molecule is N#CCCCCCCc1nccc2ccccc12. The van der Waals surface area contributed by atoms with Crippen LogP contribution in [0.2, 0.25) is 0 Å². The molecule has 0 spiro atoms. The van der Waals surface area contributed by atoms with Gasteiger partial charge in [0.05, 0.1) is 6.07 Å². The summed E-state index contributed by atoms with van der Waals surface area (Å²) in [6, 6.07) is 12.7. The maximum absolute atomic E-state index is 8.46. The molecule has 0 fully saturated rings. The number of hydrogen-bond acceptors (Lipinski definition) is 2. The number of pyridine rings is 1. The number of nitrogens with zero attached hydrogens (tertiary/aromatic N) is 2. The Hall–Kier alpha value is -1.88. The lowest BCUT2D eigenvalue weighted by atomic mass is 10.0. The van der Waals surface area contributed by atoms with E-state index >= 15 is 0 Å². The van der Waals surface area contributed by atoms with Crippen molar-refractivity contribution in [3.63, 3.8) is 0 Å². The predicted molar refractivity (Wildman–Crippen MR) is 74.1 cm³/mol. The van der Waals surface area contributed by atoms with Gasteiger partial charge in [0.25, 0.3) is 0 Å². The summed E-state index contributed by atoms with van der Waals surface area (Å²) in [4.78, 5) is 4.49. The first-order valence-corrected chi connectivity index (χ1v) is 6.61. The van der Waals surface area contributed by atoms with E-state index in [4.69, 9.17) is 5.26 Å². The van der Waals surface area contributed by atoms with Crippen LogP contribution in [-0.2, 0) is 6.42 Å². The van der Waals surface area contributed by atoms with Crippen molar-refractivity contribution in [2.24, 2.45) is 0 Å². The first-order chi connectivity index (χ1) is 8.92. The highest BCUT2D eigenvalue weighted by molar-refractivity contribution is 5.84. The van der Waals surface area contributed by atoms with E-state index in [0.717, 1.165) is 25.7 Å². The standard InChI is InChI=1S/C16H18N2/c17-12-7-3-1-2-4-10-16-15-9-6-5-8-14(15)11-13-18-16/h5-6,8-9,11,13H,1-4,7,10H2. The zero-order valence-corrected chi connectivity index (χ0v) is 10.6. The summed E-state index contributed by atoms with van der Waals surface area (Å²) in [5, 5.41) is 11.0. The minimum Gasteiger partial charge on any atom is -0.261 e. The van der Waals surface area contributed by atoms with E-state index in [1.165, 1.54) is 22.9 Å². The molecule has 0 N–H and O–H groups in total. The quantitative estimate of drug-likeness (QED) is 0.705. The summed E-state index contributed by atoms with van der Waals surface area (Å²) in [5.74, 6) is 0. The van der Waals surface area contributed by atoms with Crippen LogP contribution in [0.25, 0.3) is 10.8 Å². The Morgan fingerprint density at radius 1 is 1.00 bits per heavy atom. The number of aryl methyl sites for hydroxylation is 1. The van der Waals surface area contributed by atoms with Crippen LogP contribution in [0.15, 0.2) is 36.5 Å². The molecular weight excluding hydrogens is 220 g/mol. The molecular formula is C16H18N2. The summed E-state index contributed by atoms with van der Waals surface area (Å²) in [7, 11) is 0. The van der Waals surface area contributed by atoms with Crippen LogP contribution in [0.3, 0.4) is 0 Å². The Balaban J connectivity index is 1.90. The Kier molecular flexibility index (Phi) is 4.72. The fraction of sp³-hybridized carbons (Fsp3) is 0.375. The normalized spacial score (nSPS) is 10.4. The Labute approximate surface area is 108 Å². The minimum atomic E-state index is 0.687. The molecule has 2 aromatic rings. The molecule has 0 aliphatic carbocycles. The molecule has 1 heterocycles. The van der Waals surface area contributed by atoms with Crippen molar-refractivity contribution in [2.75, 3.05) is 0 Å². The Morgan fingerprint density at radius 2 is 1.83 bits per heavy atom. The fourth-order valence-electron chi connectivity index (χ4n) is 2.23. The van der Waals surface area contributed by atoms with E-state index in [1.807, 2.05) is 6.20 Å². The van der Waals surface area contributed by atoms with Crippen LogP contribution >= 0.6 is 0 Å². The van der Waals surface area contributed by atoms with Gasteiger partial charge < -0.3 is 0 Å². The smallest absolute Gasteiger partial charge is 0.0621 e. The highest BCUT2D eigenvalue weighted by atomic mass is 14.7. The van der Waals surface area contributed by atoms with Gasteiger partial charge in [0, 0.05) is 23.7 Å². The third-order valence-electron chi connectivity index (χ3n) is 3.21.